The number of H-pyrrole nitrogens is 1. The maximum atomic E-state index is 11.9. The van der Waals surface area contributed by atoms with Gasteiger partial charge in [-0.1, -0.05) is 0 Å². The zero-order chi connectivity index (χ0) is 12.5. The van der Waals surface area contributed by atoms with Gasteiger partial charge in [-0.25, -0.2) is 8.42 Å². The minimum Gasteiger partial charge on any atom is -0.367 e. The largest absolute Gasteiger partial charge is 0.367 e. The lowest BCUT2D eigenvalue weighted by Gasteiger charge is -2.26. The number of aromatic amines is 1. The van der Waals surface area contributed by atoms with Crippen LogP contribution in [0.3, 0.4) is 0 Å². The van der Waals surface area contributed by atoms with Crippen molar-refractivity contribution in [2.24, 2.45) is 0 Å². The molecular formula is C10H12N2O4S. The molecule has 1 aliphatic rings. The second-order valence-electron chi connectivity index (χ2n) is 3.87. The highest BCUT2D eigenvalue weighted by atomic mass is 32.2. The molecule has 0 aliphatic carbocycles. The van der Waals surface area contributed by atoms with Gasteiger partial charge in [0.2, 0.25) is 0 Å². The zero-order valence-corrected chi connectivity index (χ0v) is 9.87. The summed E-state index contributed by atoms with van der Waals surface area (Å²) >= 11 is 0. The quantitative estimate of drug-likeness (QED) is 0.716. The molecular weight excluding hydrogens is 244 g/mol. The number of carbonyl (C=O) groups is 1. The van der Waals surface area contributed by atoms with E-state index in [1.807, 2.05) is 0 Å². The summed E-state index contributed by atoms with van der Waals surface area (Å²) < 4.78 is 22.4. The Labute approximate surface area is 98.2 Å². The molecule has 1 saturated heterocycles. The molecule has 17 heavy (non-hydrogen) atoms. The summed E-state index contributed by atoms with van der Waals surface area (Å²) in [5.74, 6) is -0.491. The molecule has 2 rings (SSSR count). The predicted molar refractivity (Wildman–Crippen MR) is 61.6 cm³/mol. The molecule has 0 spiro atoms. The molecule has 0 bridgehead atoms. The fourth-order valence-electron chi connectivity index (χ4n) is 1.67. The summed E-state index contributed by atoms with van der Waals surface area (Å²) in [6.45, 7) is 0.297. The number of amides is 1. The average molecular weight is 256 g/mol. The summed E-state index contributed by atoms with van der Waals surface area (Å²) in [5, 5.41) is 0. The van der Waals surface area contributed by atoms with Crippen molar-refractivity contribution in [3.8, 4) is 0 Å². The van der Waals surface area contributed by atoms with E-state index in [1.165, 1.54) is 23.4 Å². The molecule has 6 nitrogen and oxygen atoms in total. The average Bonchev–Trinajstić information content (AvgIpc) is 2.29. The first-order chi connectivity index (χ1) is 7.99. The third-order valence-corrected chi connectivity index (χ3v) is 4.30. The molecule has 1 fully saturated rings. The van der Waals surface area contributed by atoms with Crippen molar-refractivity contribution < 1.29 is 13.2 Å². The summed E-state index contributed by atoms with van der Waals surface area (Å²) in [6.07, 6.45) is 2.79. The van der Waals surface area contributed by atoms with Gasteiger partial charge in [0.1, 0.15) is 5.56 Å². The molecule has 92 valence electrons. The minimum absolute atomic E-state index is 0.0382. The lowest BCUT2D eigenvalue weighted by molar-refractivity contribution is 0.0768. The Hall–Kier alpha value is -1.63. The number of rotatable bonds is 1. The highest BCUT2D eigenvalue weighted by molar-refractivity contribution is 7.91. The van der Waals surface area contributed by atoms with Gasteiger partial charge in [-0.2, -0.15) is 0 Å². The van der Waals surface area contributed by atoms with Crippen LogP contribution in [0.15, 0.2) is 23.3 Å². The predicted octanol–water partition coefficient (Wildman–Crippen LogP) is -0.754. The molecule has 0 unspecified atom stereocenters. The molecule has 0 aromatic carbocycles. The first-order valence-electron chi connectivity index (χ1n) is 5.16. The van der Waals surface area contributed by atoms with Crippen LogP contribution in [0, 0.1) is 0 Å². The number of carbonyl (C=O) groups excluding carboxylic acids is 1. The molecule has 7 heteroatoms. The van der Waals surface area contributed by atoms with E-state index in [9.17, 15) is 18.0 Å². The van der Waals surface area contributed by atoms with Crippen molar-refractivity contribution >= 4 is 15.7 Å². The van der Waals surface area contributed by atoms with E-state index in [0.717, 1.165) is 0 Å². The molecule has 1 aromatic heterocycles. The summed E-state index contributed by atoms with van der Waals surface area (Å²) in [7, 11) is -3.02. The van der Waals surface area contributed by atoms with Gasteiger partial charge in [0.15, 0.2) is 15.3 Å². The third-order valence-electron chi connectivity index (χ3n) is 2.69. The van der Waals surface area contributed by atoms with E-state index in [-0.39, 0.29) is 35.6 Å². The van der Waals surface area contributed by atoms with Gasteiger partial charge >= 0.3 is 0 Å². The summed E-state index contributed by atoms with van der Waals surface area (Å²) in [5.41, 5.74) is -0.311. The first kappa shape index (κ1) is 11.8. The Bertz CT molecular complexity index is 576. The first-order valence-corrected chi connectivity index (χ1v) is 6.98. The zero-order valence-electron chi connectivity index (χ0n) is 9.05. The fourth-order valence-corrected chi connectivity index (χ4v) is 2.87. The van der Waals surface area contributed by atoms with Gasteiger partial charge in [0.25, 0.3) is 5.91 Å². The monoisotopic (exact) mass is 256 g/mol. The van der Waals surface area contributed by atoms with Crippen LogP contribution >= 0.6 is 0 Å². The van der Waals surface area contributed by atoms with Crippen LogP contribution in [-0.2, 0) is 9.84 Å². The van der Waals surface area contributed by atoms with Crippen LogP contribution in [0.1, 0.15) is 10.4 Å². The number of sulfone groups is 1. The lowest BCUT2D eigenvalue weighted by Crippen LogP contribution is -2.44. The fraction of sp³-hybridized carbons (Fsp3) is 0.400. The second-order valence-corrected chi connectivity index (χ2v) is 6.17. The van der Waals surface area contributed by atoms with Gasteiger partial charge in [-0.3, -0.25) is 9.59 Å². The van der Waals surface area contributed by atoms with Crippen molar-refractivity contribution in [2.75, 3.05) is 24.6 Å². The Kier molecular flexibility index (Phi) is 3.01. The van der Waals surface area contributed by atoms with Crippen LogP contribution in [0.5, 0.6) is 0 Å². The Morgan fingerprint density at radius 1 is 1.29 bits per heavy atom. The number of nitrogens with one attached hydrogen (secondary N) is 1. The van der Waals surface area contributed by atoms with Gasteiger partial charge < -0.3 is 9.88 Å². The van der Waals surface area contributed by atoms with Crippen LogP contribution in [-0.4, -0.2) is 48.8 Å². The molecule has 0 atom stereocenters. The van der Waals surface area contributed by atoms with Gasteiger partial charge in [-0.05, 0) is 0 Å². The van der Waals surface area contributed by atoms with E-state index in [2.05, 4.69) is 4.98 Å². The van der Waals surface area contributed by atoms with E-state index < -0.39 is 15.7 Å². The van der Waals surface area contributed by atoms with Crippen LogP contribution in [0.4, 0.5) is 0 Å². The van der Waals surface area contributed by atoms with Crippen LogP contribution < -0.4 is 5.43 Å². The molecule has 2 heterocycles. The molecule has 1 aliphatic heterocycles. The normalized spacial score (nSPS) is 18.9. The van der Waals surface area contributed by atoms with E-state index >= 15 is 0 Å². The Morgan fingerprint density at radius 2 is 1.94 bits per heavy atom. The van der Waals surface area contributed by atoms with E-state index in [1.54, 1.807) is 0 Å². The lowest BCUT2D eigenvalue weighted by atomic mass is 10.2. The van der Waals surface area contributed by atoms with Crippen molar-refractivity contribution in [1.82, 2.24) is 9.88 Å². The molecule has 0 radical (unpaired) electrons. The number of hydrogen-bond donors (Lipinski definition) is 1. The van der Waals surface area contributed by atoms with Gasteiger partial charge in [0.05, 0.1) is 11.5 Å². The maximum Gasteiger partial charge on any atom is 0.259 e. The van der Waals surface area contributed by atoms with E-state index in [4.69, 9.17) is 0 Å². The topological polar surface area (TPSA) is 87.3 Å². The molecule has 1 amide bonds. The second kappa shape index (κ2) is 4.33. The van der Waals surface area contributed by atoms with Crippen molar-refractivity contribution in [1.29, 1.82) is 0 Å². The van der Waals surface area contributed by atoms with Crippen molar-refractivity contribution in [2.45, 2.75) is 0 Å². The Balaban J connectivity index is 2.18. The molecule has 0 saturated carbocycles. The van der Waals surface area contributed by atoms with Gasteiger partial charge in [-0.15, -0.1) is 0 Å². The molecule has 1 N–H and O–H groups in total. The maximum absolute atomic E-state index is 11.9. The van der Waals surface area contributed by atoms with Crippen LogP contribution in [0.25, 0.3) is 0 Å². The van der Waals surface area contributed by atoms with E-state index in [0.29, 0.717) is 0 Å². The molecule has 1 aromatic rings. The Morgan fingerprint density at radius 3 is 2.53 bits per heavy atom. The number of aromatic nitrogens is 1. The summed E-state index contributed by atoms with van der Waals surface area (Å²) in [4.78, 5) is 27.5. The SMILES string of the molecule is O=C(c1c[nH]ccc1=O)N1CCS(=O)(=O)CC1. The number of nitrogens with zero attached hydrogens (tertiary/aromatic N) is 1. The van der Waals surface area contributed by atoms with Crippen LogP contribution in [0.2, 0.25) is 0 Å². The highest BCUT2D eigenvalue weighted by Gasteiger charge is 2.26. The van der Waals surface area contributed by atoms with Crippen molar-refractivity contribution in [3.05, 3.63) is 34.2 Å². The van der Waals surface area contributed by atoms with Crippen molar-refractivity contribution in [3.63, 3.8) is 0 Å². The standard InChI is InChI=1S/C10H12N2O4S/c13-9-1-2-11-7-8(9)10(14)12-3-5-17(15,16)6-4-12/h1-2,7H,3-6H2,(H,11,13). The minimum atomic E-state index is -3.02. The highest BCUT2D eigenvalue weighted by Crippen LogP contribution is 2.06. The number of pyridine rings is 1. The summed E-state index contributed by atoms with van der Waals surface area (Å²) in [6, 6.07) is 1.27. The third kappa shape index (κ3) is 2.55. The number of hydrogen-bond acceptors (Lipinski definition) is 4. The smallest absolute Gasteiger partial charge is 0.259 e. The van der Waals surface area contributed by atoms with Gasteiger partial charge in [0, 0.05) is 31.5 Å².